The first-order valence-corrected chi connectivity index (χ1v) is 18.0. The molecule has 8 heteroatoms. The van der Waals surface area contributed by atoms with Crippen LogP contribution in [0.15, 0.2) is 121 Å². The maximum Gasteiger partial charge on any atom is 0.259 e. The molecule has 7 nitrogen and oxygen atoms in total. The van der Waals surface area contributed by atoms with Crippen molar-refractivity contribution in [3.63, 3.8) is 0 Å². The molecule has 0 fully saturated rings. The van der Waals surface area contributed by atoms with E-state index in [1.165, 1.54) is 0 Å². The van der Waals surface area contributed by atoms with Crippen molar-refractivity contribution in [1.82, 2.24) is 4.67 Å². The van der Waals surface area contributed by atoms with Crippen LogP contribution in [0.1, 0.15) is 49.9 Å². The van der Waals surface area contributed by atoms with Gasteiger partial charge >= 0.3 is 0 Å². The van der Waals surface area contributed by atoms with Crippen LogP contribution in [0, 0.1) is 0 Å². The minimum absolute atomic E-state index is 0.201. The molecule has 0 bridgehead atoms. The number of benzene rings is 4. The van der Waals surface area contributed by atoms with E-state index in [2.05, 4.69) is 80.9 Å². The number of nitrogens with zero attached hydrogens (tertiary/aromatic N) is 1. The van der Waals surface area contributed by atoms with Crippen molar-refractivity contribution in [1.29, 1.82) is 0 Å². The van der Waals surface area contributed by atoms with Gasteiger partial charge < -0.3 is 28.0 Å². The smallest absolute Gasteiger partial charge is 0.259 e. The maximum atomic E-state index is 6.63. The summed E-state index contributed by atoms with van der Waals surface area (Å²) in [6, 6.07) is 41.1. The molecule has 4 aromatic rings. The van der Waals surface area contributed by atoms with E-state index in [-0.39, 0.29) is 24.3 Å². The quantitative estimate of drug-likeness (QED) is 0.0729. The molecular formula is C40H52NO6P. The zero-order valence-electron chi connectivity index (χ0n) is 28.9. The molecule has 0 aromatic heterocycles. The van der Waals surface area contributed by atoms with E-state index >= 15 is 0 Å². The van der Waals surface area contributed by atoms with Gasteiger partial charge in [0.2, 0.25) is 0 Å². The van der Waals surface area contributed by atoms with Gasteiger partial charge in [-0.3, -0.25) is 0 Å². The van der Waals surface area contributed by atoms with Crippen LogP contribution >= 0.6 is 8.53 Å². The molecule has 0 N–H and O–H groups in total. The maximum absolute atomic E-state index is 6.63. The van der Waals surface area contributed by atoms with Crippen LogP contribution in [0.3, 0.4) is 0 Å². The highest BCUT2D eigenvalue weighted by molar-refractivity contribution is 7.44. The lowest BCUT2D eigenvalue weighted by Crippen LogP contribution is -2.36. The van der Waals surface area contributed by atoms with Crippen molar-refractivity contribution in [2.45, 2.75) is 78.4 Å². The first-order chi connectivity index (χ1) is 23.5. The summed E-state index contributed by atoms with van der Waals surface area (Å²) in [7, 11) is -1.45. The Morgan fingerprint density at radius 2 is 0.750 bits per heavy atom. The van der Waals surface area contributed by atoms with Crippen LogP contribution in [0.25, 0.3) is 0 Å². The fourth-order valence-corrected chi connectivity index (χ4v) is 6.75. The van der Waals surface area contributed by atoms with Crippen LogP contribution in [0.5, 0.6) is 0 Å². The molecular weight excluding hydrogens is 621 g/mol. The Hall–Kier alpha value is -2.97. The highest BCUT2D eigenvalue weighted by Crippen LogP contribution is 2.46. The highest BCUT2D eigenvalue weighted by atomic mass is 31.2. The van der Waals surface area contributed by atoms with Gasteiger partial charge in [-0.1, -0.05) is 121 Å². The number of ether oxygens (including phenoxy) is 4. The van der Waals surface area contributed by atoms with Gasteiger partial charge in [0.1, 0.15) is 12.2 Å². The second kappa shape index (κ2) is 21.9. The molecule has 0 saturated heterocycles. The zero-order valence-corrected chi connectivity index (χ0v) is 29.8. The summed E-state index contributed by atoms with van der Waals surface area (Å²) in [5.74, 6) is 0. The Morgan fingerprint density at radius 1 is 0.438 bits per heavy atom. The molecule has 0 heterocycles. The van der Waals surface area contributed by atoms with Gasteiger partial charge in [-0.15, -0.1) is 0 Å². The number of hydrogen-bond donors (Lipinski definition) is 0. The van der Waals surface area contributed by atoms with Crippen molar-refractivity contribution in [3.8, 4) is 0 Å². The average Bonchev–Trinajstić information content (AvgIpc) is 3.11. The summed E-state index contributed by atoms with van der Waals surface area (Å²) in [5.41, 5.74) is 4.44. The number of rotatable bonds is 23. The van der Waals surface area contributed by atoms with E-state index in [1.807, 2.05) is 72.8 Å². The van der Waals surface area contributed by atoms with Gasteiger partial charge in [0, 0.05) is 12.1 Å². The topological polar surface area (TPSA) is 58.6 Å². The third kappa shape index (κ3) is 14.3. The predicted octanol–water partition coefficient (Wildman–Crippen LogP) is 8.97. The van der Waals surface area contributed by atoms with E-state index in [9.17, 15) is 0 Å². The van der Waals surface area contributed by atoms with Crippen LogP contribution in [-0.2, 0) is 54.4 Å². The molecule has 0 saturated carbocycles. The Morgan fingerprint density at radius 3 is 1.06 bits per heavy atom. The molecule has 258 valence electrons. The summed E-state index contributed by atoms with van der Waals surface area (Å²) in [4.78, 5) is 0. The minimum atomic E-state index is -1.45. The van der Waals surface area contributed by atoms with E-state index in [0.29, 0.717) is 52.9 Å². The minimum Gasteiger partial charge on any atom is -0.374 e. The summed E-state index contributed by atoms with van der Waals surface area (Å²) in [5, 5.41) is 0. The molecule has 0 radical (unpaired) electrons. The molecule has 4 rings (SSSR count). The highest BCUT2D eigenvalue weighted by Gasteiger charge is 2.29. The van der Waals surface area contributed by atoms with Crippen LogP contribution in [0.4, 0.5) is 0 Å². The van der Waals surface area contributed by atoms with Crippen molar-refractivity contribution in [3.05, 3.63) is 144 Å². The standard InChI is InChI=1S/C40H52NO6P/c1-33(2)41(34(3)4)48(46-31-39(44-27-37-21-13-7-14-22-37)29-42-25-35-17-9-5-10-18-35)47-32-40(45-28-38-23-15-8-16-24-38)30-43-26-36-19-11-6-12-20-36/h5-24,33-34,39-40H,25-32H2,1-4H3. The van der Waals surface area contributed by atoms with Crippen LogP contribution < -0.4 is 0 Å². The second-order valence-electron chi connectivity index (χ2n) is 12.2. The summed E-state index contributed by atoms with van der Waals surface area (Å²) < 4.78 is 40.5. The monoisotopic (exact) mass is 673 g/mol. The average molecular weight is 674 g/mol. The second-order valence-corrected chi connectivity index (χ2v) is 13.7. The van der Waals surface area contributed by atoms with Gasteiger partial charge in [-0.25, -0.2) is 4.67 Å². The molecule has 4 aromatic carbocycles. The summed E-state index contributed by atoms with van der Waals surface area (Å²) >= 11 is 0. The SMILES string of the molecule is CC(C)N(C(C)C)P(OCC(COCc1ccccc1)OCc1ccccc1)OCC(COCc1ccccc1)OCc1ccccc1. The third-order valence-corrected chi connectivity index (χ3v) is 9.52. The normalized spacial score (nSPS) is 13.6. The van der Waals surface area contributed by atoms with Gasteiger partial charge in [0.25, 0.3) is 8.53 Å². The third-order valence-electron chi connectivity index (χ3n) is 7.48. The van der Waals surface area contributed by atoms with E-state index in [4.69, 9.17) is 28.0 Å². The molecule has 0 aliphatic rings. The van der Waals surface area contributed by atoms with Crippen molar-refractivity contribution < 1.29 is 28.0 Å². The summed E-state index contributed by atoms with van der Waals surface area (Å²) in [6.45, 7) is 12.0. The van der Waals surface area contributed by atoms with E-state index < -0.39 is 8.53 Å². The lowest BCUT2D eigenvalue weighted by Gasteiger charge is -2.36. The molecule has 2 atom stereocenters. The summed E-state index contributed by atoms with van der Waals surface area (Å²) in [6.07, 6.45) is -0.578. The first kappa shape index (κ1) is 37.8. The van der Waals surface area contributed by atoms with Crippen molar-refractivity contribution in [2.75, 3.05) is 26.4 Å². The Balaban J connectivity index is 1.41. The first-order valence-electron chi connectivity index (χ1n) is 16.9. The van der Waals surface area contributed by atoms with Gasteiger partial charge in [0.05, 0.1) is 52.9 Å². The molecule has 0 spiro atoms. The van der Waals surface area contributed by atoms with Gasteiger partial charge in [-0.05, 0) is 49.9 Å². The molecule has 0 aliphatic carbocycles. The molecule has 0 amide bonds. The fourth-order valence-electron chi connectivity index (χ4n) is 5.07. The Kier molecular flexibility index (Phi) is 17.3. The van der Waals surface area contributed by atoms with Gasteiger partial charge in [0.15, 0.2) is 0 Å². The predicted molar refractivity (Wildman–Crippen MR) is 193 cm³/mol. The lowest BCUT2D eigenvalue weighted by atomic mass is 10.2. The largest absolute Gasteiger partial charge is 0.374 e. The van der Waals surface area contributed by atoms with E-state index in [0.717, 1.165) is 22.3 Å². The molecule has 0 aliphatic heterocycles. The van der Waals surface area contributed by atoms with Crippen LogP contribution in [0.2, 0.25) is 0 Å². The van der Waals surface area contributed by atoms with Crippen LogP contribution in [-0.4, -0.2) is 55.4 Å². The van der Waals surface area contributed by atoms with Crippen molar-refractivity contribution in [2.24, 2.45) is 0 Å². The van der Waals surface area contributed by atoms with Gasteiger partial charge in [-0.2, -0.15) is 0 Å². The fraction of sp³-hybridized carbons (Fsp3) is 0.400. The number of hydrogen-bond acceptors (Lipinski definition) is 7. The lowest BCUT2D eigenvalue weighted by molar-refractivity contribution is -0.0602. The molecule has 48 heavy (non-hydrogen) atoms. The zero-order chi connectivity index (χ0) is 33.8. The Bertz CT molecular complexity index is 1260. The molecule has 2 unspecified atom stereocenters. The van der Waals surface area contributed by atoms with Crippen molar-refractivity contribution >= 4 is 8.53 Å². The Labute approximate surface area is 289 Å². The van der Waals surface area contributed by atoms with E-state index in [1.54, 1.807) is 0 Å².